The summed E-state index contributed by atoms with van der Waals surface area (Å²) >= 11 is 0. The average Bonchev–Trinajstić information content (AvgIpc) is 2.54. The smallest absolute Gasteiger partial charge is 0.344 e. The Morgan fingerprint density at radius 1 is 1.17 bits per heavy atom. The minimum Gasteiger partial charge on any atom is -0.493 e. The highest BCUT2D eigenvalue weighted by atomic mass is 16.5. The van der Waals surface area contributed by atoms with Gasteiger partial charge in [0.1, 0.15) is 0 Å². The summed E-state index contributed by atoms with van der Waals surface area (Å²) in [7, 11) is 3.06. The van der Waals surface area contributed by atoms with E-state index in [0.29, 0.717) is 28.9 Å². The number of fused-ring (bicyclic) bond motifs is 3. The van der Waals surface area contributed by atoms with Crippen LogP contribution in [-0.2, 0) is 6.42 Å². The van der Waals surface area contributed by atoms with Crippen LogP contribution in [0.2, 0.25) is 0 Å². The number of ether oxygens (including phenoxy) is 2. The van der Waals surface area contributed by atoms with Crippen LogP contribution in [0, 0.1) is 6.92 Å². The van der Waals surface area contributed by atoms with Crippen molar-refractivity contribution in [3.8, 4) is 11.5 Å². The van der Waals surface area contributed by atoms with E-state index in [4.69, 9.17) is 13.9 Å². The van der Waals surface area contributed by atoms with E-state index in [1.807, 2.05) is 31.2 Å². The van der Waals surface area contributed by atoms with Crippen molar-refractivity contribution in [2.75, 3.05) is 20.8 Å². The Balaban J connectivity index is 2.55. The fourth-order valence-electron chi connectivity index (χ4n) is 3.04. The van der Waals surface area contributed by atoms with Gasteiger partial charge in [0.25, 0.3) is 0 Å². The average molecular weight is 314 g/mol. The predicted molar refractivity (Wildman–Crippen MR) is 88.6 cm³/mol. The quantitative estimate of drug-likeness (QED) is 0.592. The van der Waals surface area contributed by atoms with E-state index in [1.165, 1.54) is 7.11 Å². The molecule has 0 aliphatic carbocycles. The van der Waals surface area contributed by atoms with Crippen LogP contribution < -0.4 is 15.1 Å². The normalized spacial score (nSPS) is 11.1. The number of methoxy groups -OCH3 is 2. The number of aliphatic hydroxyl groups excluding tert-OH is 1. The van der Waals surface area contributed by atoms with Gasteiger partial charge in [0, 0.05) is 17.4 Å². The first kappa shape index (κ1) is 15.4. The van der Waals surface area contributed by atoms with Crippen LogP contribution in [0.4, 0.5) is 0 Å². The fourth-order valence-corrected chi connectivity index (χ4v) is 3.04. The van der Waals surface area contributed by atoms with Crippen molar-refractivity contribution in [2.45, 2.75) is 13.3 Å². The van der Waals surface area contributed by atoms with Crippen LogP contribution in [0.3, 0.4) is 0 Å². The Bertz CT molecular complexity index is 940. The van der Waals surface area contributed by atoms with Gasteiger partial charge in [-0.1, -0.05) is 18.2 Å². The number of aliphatic hydroxyl groups is 1. The standard InChI is InChI=1S/C18H18O5/c1-10-9-13(21-2)16(22-3)17-14(10)12-6-4-5-11(7-8-19)15(12)18(20)23-17/h4-6,9,19H,7-8H2,1-3H3. The summed E-state index contributed by atoms with van der Waals surface area (Å²) in [6, 6.07) is 7.45. The second-order valence-corrected chi connectivity index (χ2v) is 5.34. The molecule has 5 heteroatoms. The van der Waals surface area contributed by atoms with E-state index in [-0.39, 0.29) is 6.61 Å². The molecule has 120 valence electrons. The zero-order valence-electron chi connectivity index (χ0n) is 13.3. The molecule has 1 heterocycles. The number of rotatable bonds is 4. The third kappa shape index (κ3) is 2.33. The minimum atomic E-state index is -0.442. The Morgan fingerprint density at radius 3 is 2.61 bits per heavy atom. The summed E-state index contributed by atoms with van der Waals surface area (Å²) < 4.78 is 16.3. The molecule has 1 aromatic heterocycles. The third-order valence-electron chi connectivity index (χ3n) is 4.02. The molecule has 23 heavy (non-hydrogen) atoms. The third-order valence-corrected chi connectivity index (χ3v) is 4.02. The van der Waals surface area contributed by atoms with Crippen molar-refractivity contribution in [1.29, 1.82) is 0 Å². The molecular weight excluding hydrogens is 296 g/mol. The summed E-state index contributed by atoms with van der Waals surface area (Å²) in [5.41, 5.74) is 1.63. The maximum absolute atomic E-state index is 12.5. The molecule has 2 aromatic carbocycles. The lowest BCUT2D eigenvalue weighted by Gasteiger charge is -2.14. The molecule has 0 fully saturated rings. The Labute approximate surface area is 133 Å². The predicted octanol–water partition coefficient (Wildman–Crippen LogP) is 2.81. The Morgan fingerprint density at radius 2 is 1.96 bits per heavy atom. The summed E-state index contributed by atoms with van der Waals surface area (Å²) in [6.07, 6.45) is 0.403. The molecule has 5 nitrogen and oxygen atoms in total. The molecule has 0 spiro atoms. The van der Waals surface area contributed by atoms with Crippen LogP contribution in [0.1, 0.15) is 11.1 Å². The molecule has 1 N–H and O–H groups in total. The van der Waals surface area contributed by atoms with Gasteiger partial charge in [-0.15, -0.1) is 0 Å². The highest BCUT2D eigenvalue weighted by Gasteiger charge is 2.19. The molecule has 0 atom stereocenters. The van der Waals surface area contributed by atoms with Crippen LogP contribution in [0.25, 0.3) is 21.7 Å². The maximum Gasteiger partial charge on any atom is 0.344 e. The van der Waals surface area contributed by atoms with Crippen LogP contribution in [0.5, 0.6) is 11.5 Å². The molecule has 0 bridgehead atoms. The van der Waals surface area contributed by atoms with E-state index >= 15 is 0 Å². The zero-order valence-corrected chi connectivity index (χ0v) is 13.3. The molecule has 0 radical (unpaired) electrons. The fraction of sp³-hybridized carbons (Fsp3) is 0.278. The van der Waals surface area contributed by atoms with Gasteiger partial charge in [0.2, 0.25) is 5.75 Å². The number of aryl methyl sites for hydroxylation is 1. The lowest BCUT2D eigenvalue weighted by molar-refractivity contribution is 0.300. The molecule has 3 aromatic rings. The summed E-state index contributed by atoms with van der Waals surface area (Å²) in [4.78, 5) is 12.5. The van der Waals surface area contributed by atoms with Crippen molar-refractivity contribution in [2.24, 2.45) is 0 Å². The monoisotopic (exact) mass is 314 g/mol. The van der Waals surface area contributed by atoms with Crippen LogP contribution in [0.15, 0.2) is 33.5 Å². The largest absolute Gasteiger partial charge is 0.493 e. The van der Waals surface area contributed by atoms with Gasteiger partial charge in [-0.25, -0.2) is 4.79 Å². The first-order chi connectivity index (χ1) is 11.1. The first-order valence-electron chi connectivity index (χ1n) is 7.33. The van der Waals surface area contributed by atoms with Crippen molar-refractivity contribution < 1.29 is 19.0 Å². The Kier molecular flexibility index (Phi) is 3.96. The van der Waals surface area contributed by atoms with Crippen molar-refractivity contribution in [3.63, 3.8) is 0 Å². The molecule has 0 unspecified atom stereocenters. The molecule has 0 saturated carbocycles. The van der Waals surface area contributed by atoms with Gasteiger partial charge in [0.15, 0.2) is 11.3 Å². The molecule has 0 amide bonds. The van der Waals surface area contributed by atoms with Gasteiger partial charge in [0.05, 0.1) is 19.6 Å². The topological polar surface area (TPSA) is 68.9 Å². The molecule has 0 aliphatic heterocycles. The summed E-state index contributed by atoms with van der Waals surface area (Å²) in [5, 5.41) is 11.3. The van der Waals surface area contributed by atoms with Crippen molar-refractivity contribution in [3.05, 3.63) is 45.8 Å². The van der Waals surface area contributed by atoms with E-state index in [1.54, 1.807) is 7.11 Å². The van der Waals surface area contributed by atoms with E-state index in [2.05, 4.69) is 0 Å². The highest BCUT2D eigenvalue weighted by molar-refractivity contribution is 6.09. The van der Waals surface area contributed by atoms with E-state index < -0.39 is 5.63 Å². The highest BCUT2D eigenvalue weighted by Crippen LogP contribution is 2.40. The lowest BCUT2D eigenvalue weighted by Crippen LogP contribution is -2.06. The maximum atomic E-state index is 12.5. The van der Waals surface area contributed by atoms with Gasteiger partial charge in [-0.05, 0) is 30.5 Å². The Hall–Kier alpha value is -2.53. The number of benzene rings is 2. The SMILES string of the molecule is COc1cc(C)c2c(oc(=O)c3c(CCO)cccc32)c1OC. The number of hydrogen-bond acceptors (Lipinski definition) is 5. The molecule has 0 aliphatic rings. The molecule has 0 saturated heterocycles. The second-order valence-electron chi connectivity index (χ2n) is 5.34. The van der Waals surface area contributed by atoms with Gasteiger partial charge < -0.3 is 19.0 Å². The number of hydrogen-bond donors (Lipinski definition) is 1. The van der Waals surface area contributed by atoms with Crippen molar-refractivity contribution in [1.82, 2.24) is 0 Å². The first-order valence-corrected chi connectivity index (χ1v) is 7.33. The second kappa shape index (κ2) is 5.93. The molecule has 3 rings (SSSR count). The molecular formula is C18H18O5. The minimum absolute atomic E-state index is 0.0263. The lowest BCUT2D eigenvalue weighted by atomic mass is 9.98. The van der Waals surface area contributed by atoms with Crippen LogP contribution in [-0.4, -0.2) is 25.9 Å². The van der Waals surface area contributed by atoms with Crippen LogP contribution >= 0.6 is 0 Å². The van der Waals surface area contributed by atoms with Gasteiger partial charge in [-0.2, -0.15) is 0 Å². The van der Waals surface area contributed by atoms with Gasteiger partial charge >= 0.3 is 5.63 Å². The zero-order chi connectivity index (χ0) is 16.6. The summed E-state index contributed by atoms with van der Waals surface area (Å²) in [6.45, 7) is 1.91. The summed E-state index contributed by atoms with van der Waals surface area (Å²) in [5.74, 6) is 0.922. The van der Waals surface area contributed by atoms with E-state index in [0.717, 1.165) is 21.9 Å². The van der Waals surface area contributed by atoms with E-state index in [9.17, 15) is 9.90 Å². The van der Waals surface area contributed by atoms with Crippen molar-refractivity contribution >= 4 is 21.7 Å². The van der Waals surface area contributed by atoms with Gasteiger partial charge in [-0.3, -0.25) is 0 Å².